The van der Waals surface area contributed by atoms with E-state index in [2.05, 4.69) is 64.5 Å². The molecule has 0 radical (unpaired) electrons. The summed E-state index contributed by atoms with van der Waals surface area (Å²) in [5.41, 5.74) is 2.42. The first-order valence-electron chi connectivity index (χ1n) is 7.49. The third-order valence-corrected chi connectivity index (χ3v) is 5.20. The minimum atomic E-state index is -0.123. The number of ketones is 1. The Morgan fingerprint density at radius 2 is 1.48 bits per heavy atom. The molecule has 1 nitrogen and oxygen atoms in total. The first-order chi connectivity index (χ1) is 10.3. The Bertz CT molecular complexity index is 566. The highest BCUT2D eigenvalue weighted by Gasteiger charge is 2.54. The van der Waals surface area contributed by atoms with Gasteiger partial charge in [0.2, 0.25) is 0 Å². The molecule has 108 valence electrons. The summed E-state index contributed by atoms with van der Waals surface area (Å²) in [7, 11) is 0. The molecule has 1 unspecified atom stereocenters. The number of hydrogen-bond acceptors (Lipinski definition) is 1. The Morgan fingerprint density at radius 3 is 1.90 bits per heavy atom. The second-order valence-corrected chi connectivity index (χ2v) is 6.52. The van der Waals surface area contributed by atoms with E-state index < -0.39 is 0 Å². The third kappa shape index (κ3) is 2.46. The molecule has 3 rings (SSSR count). The third-order valence-electron chi connectivity index (χ3n) is 4.64. The molecular formula is C19H19BrO. The maximum atomic E-state index is 12.3. The highest BCUT2D eigenvalue weighted by Crippen LogP contribution is 2.52. The van der Waals surface area contributed by atoms with Crippen LogP contribution < -0.4 is 0 Å². The first-order valence-corrected chi connectivity index (χ1v) is 8.61. The van der Waals surface area contributed by atoms with Gasteiger partial charge in [0.1, 0.15) is 5.78 Å². The van der Waals surface area contributed by atoms with Crippen molar-refractivity contribution >= 4 is 21.7 Å². The molecular weight excluding hydrogens is 324 g/mol. The van der Waals surface area contributed by atoms with Crippen LogP contribution in [0, 0.1) is 5.92 Å². The van der Waals surface area contributed by atoms with E-state index in [4.69, 9.17) is 0 Å². The van der Waals surface area contributed by atoms with E-state index in [1.54, 1.807) is 0 Å². The number of alkyl halides is 1. The van der Waals surface area contributed by atoms with Crippen LogP contribution in [0.15, 0.2) is 60.7 Å². The van der Waals surface area contributed by atoms with Crippen molar-refractivity contribution in [1.29, 1.82) is 0 Å². The van der Waals surface area contributed by atoms with Gasteiger partial charge in [0.05, 0.1) is 0 Å². The fraction of sp³-hybridized carbons (Fsp3) is 0.316. The molecule has 1 saturated carbocycles. The van der Waals surface area contributed by atoms with Crippen LogP contribution in [0.4, 0.5) is 0 Å². The Kier molecular flexibility index (Phi) is 4.25. The van der Waals surface area contributed by atoms with Crippen LogP contribution in [0.3, 0.4) is 0 Å². The summed E-state index contributed by atoms with van der Waals surface area (Å²) in [6.07, 6.45) is 2.62. The van der Waals surface area contributed by atoms with Crippen LogP contribution in [0.1, 0.15) is 30.4 Å². The number of Topliss-reactive ketones (excluding diaryl/α,β-unsaturated/α-hetero) is 1. The Hall–Kier alpha value is -1.41. The van der Waals surface area contributed by atoms with Gasteiger partial charge in [-0.05, 0) is 24.0 Å². The van der Waals surface area contributed by atoms with E-state index in [1.165, 1.54) is 11.1 Å². The predicted octanol–water partition coefficient (Wildman–Crippen LogP) is 4.74. The number of halogens is 1. The molecule has 2 aromatic carbocycles. The van der Waals surface area contributed by atoms with Gasteiger partial charge >= 0.3 is 0 Å². The summed E-state index contributed by atoms with van der Waals surface area (Å²) >= 11 is 3.49. The van der Waals surface area contributed by atoms with Crippen molar-refractivity contribution in [2.24, 2.45) is 5.92 Å². The Labute approximate surface area is 134 Å². The minimum absolute atomic E-state index is 0.111. The van der Waals surface area contributed by atoms with Gasteiger partial charge in [-0.1, -0.05) is 76.6 Å². The molecule has 1 aliphatic rings. The van der Waals surface area contributed by atoms with Crippen LogP contribution in [0.5, 0.6) is 0 Å². The van der Waals surface area contributed by atoms with Gasteiger partial charge in [0.15, 0.2) is 0 Å². The molecule has 0 amide bonds. The first kappa shape index (κ1) is 14.5. The van der Waals surface area contributed by atoms with Gasteiger partial charge in [0.25, 0.3) is 0 Å². The van der Waals surface area contributed by atoms with Gasteiger partial charge in [-0.3, -0.25) is 4.79 Å². The Morgan fingerprint density at radius 1 is 0.952 bits per heavy atom. The molecule has 2 heteroatoms. The summed E-state index contributed by atoms with van der Waals surface area (Å²) in [5, 5.41) is 0.955. The molecule has 21 heavy (non-hydrogen) atoms. The van der Waals surface area contributed by atoms with Crippen LogP contribution >= 0.6 is 15.9 Å². The maximum absolute atomic E-state index is 12.3. The molecule has 0 spiro atoms. The molecule has 0 bridgehead atoms. The fourth-order valence-corrected chi connectivity index (χ4v) is 3.92. The highest BCUT2D eigenvalue weighted by molar-refractivity contribution is 9.09. The lowest BCUT2D eigenvalue weighted by Gasteiger charge is -2.49. The maximum Gasteiger partial charge on any atom is 0.138 e. The lowest BCUT2D eigenvalue weighted by Crippen LogP contribution is -2.52. The summed E-state index contributed by atoms with van der Waals surface area (Å²) in [5.74, 6) is 0.517. The molecule has 1 fully saturated rings. The number of rotatable bonds is 5. The van der Waals surface area contributed by atoms with Gasteiger partial charge in [-0.2, -0.15) is 0 Å². The monoisotopic (exact) mass is 342 g/mol. The van der Waals surface area contributed by atoms with Gasteiger partial charge in [0, 0.05) is 23.1 Å². The van der Waals surface area contributed by atoms with Crippen molar-refractivity contribution < 1.29 is 4.79 Å². The molecule has 0 heterocycles. The van der Waals surface area contributed by atoms with Crippen LogP contribution in [0.2, 0.25) is 0 Å². The largest absolute Gasteiger partial charge is 0.299 e. The van der Waals surface area contributed by atoms with E-state index in [0.29, 0.717) is 12.2 Å². The summed E-state index contributed by atoms with van der Waals surface area (Å²) in [6, 6.07) is 21.0. The van der Waals surface area contributed by atoms with Crippen LogP contribution in [-0.4, -0.2) is 11.1 Å². The molecule has 2 aromatic rings. The molecule has 1 atom stereocenters. The molecule has 1 aliphatic carbocycles. The Balaban J connectivity index is 2.06. The standard InChI is InChI=1S/C19H19BrO/c20-13-7-12-17-18(21)14-19(17,15-8-3-1-4-9-15)16-10-5-2-6-11-16/h1-6,8-11,17H,7,12-14H2. The average Bonchev–Trinajstić information content (AvgIpc) is 2.54. The number of carbonyl (C=O) groups is 1. The van der Waals surface area contributed by atoms with Crippen molar-refractivity contribution in [3.8, 4) is 0 Å². The van der Waals surface area contributed by atoms with E-state index in [-0.39, 0.29) is 11.3 Å². The fourth-order valence-electron chi connectivity index (χ4n) is 3.60. The molecule has 0 N–H and O–H groups in total. The zero-order valence-corrected chi connectivity index (χ0v) is 13.6. The van der Waals surface area contributed by atoms with Crippen molar-refractivity contribution in [3.05, 3.63) is 71.8 Å². The minimum Gasteiger partial charge on any atom is -0.299 e. The quantitative estimate of drug-likeness (QED) is 0.717. The second-order valence-electron chi connectivity index (χ2n) is 5.73. The van der Waals surface area contributed by atoms with E-state index >= 15 is 0 Å². The zero-order valence-electron chi connectivity index (χ0n) is 12.0. The van der Waals surface area contributed by atoms with Crippen molar-refractivity contribution in [1.82, 2.24) is 0 Å². The number of hydrogen-bond donors (Lipinski definition) is 0. The SMILES string of the molecule is O=C1CC(c2ccccc2)(c2ccccc2)C1CCCBr. The predicted molar refractivity (Wildman–Crippen MR) is 89.8 cm³/mol. The number of carbonyl (C=O) groups excluding carboxylic acids is 1. The molecule has 0 saturated heterocycles. The van der Waals surface area contributed by atoms with Crippen LogP contribution in [0.25, 0.3) is 0 Å². The molecule has 0 aliphatic heterocycles. The van der Waals surface area contributed by atoms with Gasteiger partial charge < -0.3 is 0 Å². The smallest absolute Gasteiger partial charge is 0.138 e. The van der Waals surface area contributed by atoms with Gasteiger partial charge in [-0.15, -0.1) is 0 Å². The van der Waals surface area contributed by atoms with Crippen molar-refractivity contribution in [2.45, 2.75) is 24.7 Å². The zero-order chi connectivity index (χ0) is 14.7. The molecule has 0 aromatic heterocycles. The lowest BCUT2D eigenvalue weighted by atomic mass is 9.52. The lowest BCUT2D eigenvalue weighted by molar-refractivity contribution is -0.135. The normalized spacial score (nSPS) is 20.0. The second kappa shape index (κ2) is 6.15. The number of benzene rings is 2. The highest BCUT2D eigenvalue weighted by atomic mass is 79.9. The summed E-state index contributed by atoms with van der Waals surface area (Å²) < 4.78 is 0. The van der Waals surface area contributed by atoms with E-state index in [0.717, 1.165) is 18.2 Å². The van der Waals surface area contributed by atoms with Crippen molar-refractivity contribution in [3.63, 3.8) is 0 Å². The van der Waals surface area contributed by atoms with E-state index in [1.807, 2.05) is 12.1 Å². The average molecular weight is 343 g/mol. The topological polar surface area (TPSA) is 17.1 Å². The van der Waals surface area contributed by atoms with Crippen molar-refractivity contribution in [2.75, 3.05) is 5.33 Å². The van der Waals surface area contributed by atoms with E-state index in [9.17, 15) is 4.79 Å². The van der Waals surface area contributed by atoms with Gasteiger partial charge in [-0.25, -0.2) is 0 Å². The summed E-state index contributed by atoms with van der Waals surface area (Å²) in [4.78, 5) is 12.3. The summed E-state index contributed by atoms with van der Waals surface area (Å²) in [6.45, 7) is 0. The van der Waals surface area contributed by atoms with Crippen LogP contribution in [-0.2, 0) is 10.2 Å².